The number of carbonyl (C=O) groups excluding carboxylic acids is 4. The molecule has 0 amide bonds. The Hall–Kier alpha value is 0.161. The number of hydrogen-bond acceptors (Lipinski definition) is 4. The molecule has 0 N–H and O–H groups in total. The first kappa shape index (κ1) is 31.8. The van der Waals surface area contributed by atoms with Crippen LogP contribution in [0.1, 0.15) is 94.9 Å². The van der Waals surface area contributed by atoms with Gasteiger partial charge in [-0.15, -0.1) is 0 Å². The van der Waals surface area contributed by atoms with E-state index in [2.05, 4.69) is 0 Å². The minimum absolute atomic E-state index is 0. The van der Waals surface area contributed by atoms with Crippen LogP contribution in [0.25, 0.3) is 0 Å². The van der Waals surface area contributed by atoms with Crippen molar-refractivity contribution >= 4 is 68.6 Å². The Kier molecular flexibility index (Phi) is 16.7. The predicted molar refractivity (Wildman–Crippen MR) is 113 cm³/mol. The Balaban J connectivity index is -0.000000411. The largest absolute Gasteiger partial charge is 0.291 e. The van der Waals surface area contributed by atoms with E-state index >= 15 is 0 Å². The summed E-state index contributed by atoms with van der Waals surface area (Å²) in [6.45, 7) is 18.4. The number of Topliss-reactive ketones (excluding diaryl/α,β-unsaturated/α-hetero) is 4. The third kappa shape index (κ3) is 13.1. The first-order valence-electron chi connectivity index (χ1n) is 9.78. The number of carbonyl (C=O) groups is 4. The Labute approximate surface area is 203 Å². The first-order chi connectivity index (χ1) is 11.6. The fourth-order valence-corrected chi connectivity index (χ4v) is 2.31. The Morgan fingerprint density at radius 3 is 1.00 bits per heavy atom. The van der Waals surface area contributed by atoms with Gasteiger partial charge in [-0.1, -0.05) is 82.1 Å². The van der Waals surface area contributed by atoms with Crippen molar-refractivity contribution < 1.29 is 19.2 Å². The molecule has 0 aromatic rings. The average Bonchev–Trinajstić information content (AvgIpc) is 2.51. The number of rotatable bonds is 8. The molecule has 5 heteroatoms. The van der Waals surface area contributed by atoms with Gasteiger partial charge in [0.05, 0.1) is 0 Å². The molecule has 0 bridgehead atoms. The number of ketones is 4. The average molecular weight is 456 g/mol. The van der Waals surface area contributed by atoms with Crippen LogP contribution in [0.3, 0.4) is 0 Å². The van der Waals surface area contributed by atoms with Crippen molar-refractivity contribution in [2.45, 2.75) is 94.9 Å². The molecule has 154 valence electrons. The van der Waals surface area contributed by atoms with Crippen LogP contribution >= 0.6 is 0 Å². The molecule has 0 rings (SSSR count). The molecule has 0 aliphatic heterocycles. The van der Waals surface area contributed by atoms with Gasteiger partial charge in [0.25, 0.3) is 0 Å². The molecule has 2 radical (unpaired) electrons. The maximum absolute atomic E-state index is 11.5. The van der Waals surface area contributed by atoms with Crippen LogP contribution in [-0.4, -0.2) is 68.6 Å². The summed E-state index contributed by atoms with van der Waals surface area (Å²) in [6.07, 6.45) is 3.51. The zero-order valence-corrected chi connectivity index (χ0v) is 22.8. The summed E-state index contributed by atoms with van der Waals surface area (Å²) < 4.78 is 0. The number of hydrogen-bond donors (Lipinski definition) is 0. The van der Waals surface area contributed by atoms with E-state index in [1.54, 1.807) is 41.5 Å². The van der Waals surface area contributed by atoms with Gasteiger partial charge >= 0.3 is 0 Å². The predicted octanol–water partition coefficient (Wildman–Crippen LogP) is 4.83. The zero-order valence-electron chi connectivity index (χ0n) is 19.3. The molecule has 0 saturated heterocycles. The van der Waals surface area contributed by atoms with Crippen LogP contribution in [0.4, 0.5) is 0 Å². The fraction of sp³-hybridized carbons (Fsp3) is 0.818. The van der Waals surface area contributed by atoms with Gasteiger partial charge in [0.15, 0.2) is 0 Å². The Morgan fingerprint density at radius 1 is 0.630 bits per heavy atom. The van der Waals surface area contributed by atoms with E-state index in [-0.39, 0.29) is 80.5 Å². The van der Waals surface area contributed by atoms with Crippen LogP contribution in [0.15, 0.2) is 0 Å². The molecule has 0 aliphatic rings. The second kappa shape index (κ2) is 14.2. The van der Waals surface area contributed by atoms with Crippen LogP contribution < -0.4 is 0 Å². The van der Waals surface area contributed by atoms with E-state index in [1.165, 1.54) is 0 Å². The third-order valence-electron chi connectivity index (χ3n) is 4.15. The van der Waals surface area contributed by atoms with Gasteiger partial charge in [-0.3, -0.25) is 19.2 Å². The van der Waals surface area contributed by atoms with E-state index in [0.29, 0.717) is 0 Å². The molecule has 0 aromatic carbocycles. The van der Waals surface area contributed by atoms with E-state index < -0.39 is 10.8 Å². The SMILES string of the molecule is CCCC(C)C(=O)C(=O)C(C)(C)C.CCCC(C)C(=O)C(=O)C(C)(C)C.[Sr]. The van der Waals surface area contributed by atoms with Gasteiger partial charge in [-0.25, -0.2) is 0 Å². The van der Waals surface area contributed by atoms with Gasteiger partial charge < -0.3 is 0 Å². The van der Waals surface area contributed by atoms with Gasteiger partial charge in [0, 0.05) is 68.1 Å². The van der Waals surface area contributed by atoms with Crippen LogP contribution in [0, 0.1) is 22.7 Å². The van der Waals surface area contributed by atoms with Crippen molar-refractivity contribution in [1.29, 1.82) is 0 Å². The van der Waals surface area contributed by atoms with Gasteiger partial charge in [-0.05, 0) is 12.8 Å². The molecule has 0 aromatic heterocycles. The van der Waals surface area contributed by atoms with Crippen molar-refractivity contribution in [1.82, 2.24) is 0 Å². The second-order valence-corrected chi connectivity index (χ2v) is 9.27. The summed E-state index contributed by atoms with van der Waals surface area (Å²) >= 11 is 0. The molecular weight excluding hydrogens is 416 g/mol. The van der Waals surface area contributed by atoms with Crippen LogP contribution in [-0.2, 0) is 19.2 Å². The summed E-state index contributed by atoms with van der Waals surface area (Å²) in [5, 5.41) is 0. The molecule has 0 saturated carbocycles. The van der Waals surface area contributed by atoms with Gasteiger partial charge in [-0.2, -0.15) is 0 Å². The van der Waals surface area contributed by atoms with E-state index in [4.69, 9.17) is 0 Å². The summed E-state index contributed by atoms with van der Waals surface area (Å²) in [6, 6.07) is 0. The molecule has 2 unspecified atom stereocenters. The maximum atomic E-state index is 11.5. The van der Waals surface area contributed by atoms with Gasteiger partial charge in [0.2, 0.25) is 23.1 Å². The van der Waals surface area contributed by atoms with Crippen LogP contribution in [0.5, 0.6) is 0 Å². The zero-order chi connectivity index (χ0) is 21.3. The standard InChI is InChI=1S/2C11H20O2.Sr/c2*1-6-7-8(2)9(12)10(13)11(3,4)5;/h2*8H,6-7H2,1-5H3;. The third-order valence-corrected chi connectivity index (χ3v) is 4.15. The summed E-state index contributed by atoms with van der Waals surface area (Å²) in [4.78, 5) is 46.1. The molecule has 0 spiro atoms. The molecule has 0 heterocycles. The Morgan fingerprint density at radius 2 is 0.852 bits per heavy atom. The molecule has 4 nitrogen and oxygen atoms in total. The smallest absolute Gasteiger partial charge is 0.203 e. The minimum atomic E-state index is -0.529. The molecule has 27 heavy (non-hydrogen) atoms. The molecular formula is C22H40O4Sr. The molecule has 0 aliphatic carbocycles. The quantitative estimate of drug-likeness (QED) is 0.388. The van der Waals surface area contributed by atoms with E-state index in [0.717, 1.165) is 25.7 Å². The fourth-order valence-electron chi connectivity index (χ4n) is 2.31. The summed E-state index contributed by atoms with van der Waals surface area (Å²) in [5.41, 5.74) is -1.06. The second-order valence-electron chi connectivity index (χ2n) is 9.27. The molecule has 0 fully saturated rings. The summed E-state index contributed by atoms with van der Waals surface area (Å²) in [7, 11) is 0. The van der Waals surface area contributed by atoms with Crippen molar-refractivity contribution in [3.63, 3.8) is 0 Å². The van der Waals surface area contributed by atoms with Crippen molar-refractivity contribution in [3.8, 4) is 0 Å². The van der Waals surface area contributed by atoms with Crippen LogP contribution in [0.2, 0.25) is 0 Å². The Bertz CT molecular complexity index is 449. The van der Waals surface area contributed by atoms with Crippen molar-refractivity contribution in [2.75, 3.05) is 0 Å². The van der Waals surface area contributed by atoms with Crippen molar-refractivity contribution in [3.05, 3.63) is 0 Å². The molecule has 2 atom stereocenters. The van der Waals surface area contributed by atoms with E-state index in [9.17, 15) is 19.2 Å². The van der Waals surface area contributed by atoms with E-state index in [1.807, 2.05) is 27.7 Å². The van der Waals surface area contributed by atoms with Crippen molar-refractivity contribution in [2.24, 2.45) is 22.7 Å². The first-order valence-corrected chi connectivity index (χ1v) is 9.78. The monoisotopic (exact) mass is 456 g/mol. The maximum Gasteiger partial charge on any atom is 0.203 e. The topological polar surface area (TPSA) is 68.3 Å². The summed E-state index contributed by atoms with van der Waals surface area (Å²) in [5.74, 6) is -1.14. The normalized spacial score (nSPS) is 13.4. The minimum Gasteiger partial charge on any atom is -0.291 e. The van der Waals surface area contributed by atoms with Gasteiger partial charge in [0.1, 0.15) is 0 Å².